The summed E-state index contributed by atoms with van der Waals surface area (Å²) in [4.78, 5) is 10.8. The minimum Gasteiger partial charge on any atom is -0.481 e. The van der Waals surface area contributed by atoms with E-state index in [2.05, 4.69) is 17.3 Å². The number of hydrogen-bond acceptors (Lipinski definition) is 3. The smallest absolute Gasteiger partial charge is 0.303 e. The highest BCUT2D eigenvalue weighted by Crippen LogP contribution is 2.19. The maximum absolute atomic E-state index is 10.8. The first kappa shape index (κ1) is 15.2. The van der Waals surface area contributed by atoms with E-state index < -0.39 is 5.97 Å². The molecule has 1 unspecified atom stereocenters. The van der Waals surface area contributed by atoms with Gasteiger partial charge in [-0.1, -0.05) is 30.3 Å². The van der Waals surface area contributed by atoms with Crippen molar-refractivity contribution in [3.05, 3.63) is 35.9 Å². The zero-order valence-electron chi connectivity index (χ0n) is 11.0. The van der Waals surface area contributed by atoms with Crippen LogP contribution in [0.1, 0.15) is 37.7 Å². The summed E-state index contributed by atoms with van der Waals surface area (Å²) in [7, 11) is 0. The molecule has 0 aliphatic heterocycles. The number of hydrogen-bond donors (Lipinski definition) is 2. The van der Waals surface area contributed by atoms with Crippen LogP contribution in [0.25, 0.3) is 0 Å². The third-order valence-electron chi connectivity index (χ3n) is 3.17. The van der Waals surface area contributed by atoms with E-state index in [9.17, 15) is 4.79 Å². The summed E-state index contributed by atoms with van der Waals surface area (Å²) in [6.45, 7) is 0. The molecular formula is C15H21NO3. The van der Waals surface area contributed by atoms with Crippen LogP contribution in [-0.2, 0) is 11.2 Å². The van der Waals surface area contributed by atoms with E-state index >= 15 is 0 Å². The molecule has 0 amide bonds. The Morgan fingerprint density at radius 2 is 2.00 bits per heavy atom. The van der Waals surface area contributed by atoms with E-state index in [0.29, 0.717) is 6.42 Å². The quantitative estimate of drug-likeness (QED) is 0.408. The Hall–Kier alpha value is -1.84. The molecular weight excluding hydrogens is 242 g/mol. The molecule has 1 rings (SSSR count). The topological polar surface area (TPSA) is 69.9 Å². The van der Waals surface area contributed by atoms with Crippen molar-refractivity contribution >= 4 is 12.2 Å². The van der Waals surface area contributed by atoms with Crippen molar-refractivity contribution in [2.24, 2.45) is 11.1 Å². The van der Waals surface area contributed by atoms with Gasteiger partial charge in [-0.15, -0.1) is 5.16 Å². The first-order valence-electron chi connectivity index (χ1n) is 6.64. The van der Waals surface area contributed by atoms with Crippen LogP contribution < -0.4 is 0 Å². The first-order chi connectivity index (χ1) is 9.22. The summed E-state index contributed by atoms with van der Waals surface area (Å²) in [5, 5.41) is 20.2. The molecule has 4 nitrogen and oxygen atoms in total. The third kappa shape index (κ3) is 7.24. The van der Waals surface area contributed by atoms with Crippen LogP contribution in [0.3, 0.4) is 0 Å². The molecule has 1 aromatic rings. The first-order valence-corrected chi connectivity index (χ1v) is 6.64. The molecule has 2 N–H and O–H groups in total. The average Bonchev–Trinajstić information content (AvgIpc) is 2.39. The van der Waals surface area contributed by atoms with Crippen LogP contribution in [0.5, 0.6) is 0 Å². The molecule has 0 radical (unpaired) electrons. The molecule has 0 aromatic heterocycles. The van der Waals surface area contributed by atoms with Gasteiger partial charge in [-0.25, -0.2) is 0 Å². The summed E-state index contributed by atoms with van der Waals surface area (Å²) < 4.78 is 0. The van der Waals surface area contributed by atoms with E-state index in [1.54, 1.807) is 0 Å². The molecule has 4 heteroatoms. The normalized spacial score (nSPS) is 12.6. The summed E-state index contributed by atoms with van der Waals surface area (Å²) in [6, 6.07) is 10.2. The van der Waals surface area contributed by atoms with E-state index in [4.69, 9.17) is 10.3 Å². The summed E-state index contributed by atoms with van der Waals surface area (Å²) >= 11 is 0. The maximum atomic E-state index is 10.8. The molecule has 0 spiro atoms. The van der Waals surface area contributed by atoms with Gasteiger partial charge in [0, 0.05) is 12.6 Å². The fraction of sp³-hybridized carbons (Fsp3) is 0.467. The Morgan fingerprint density at radius 1 is 1.26 bits per heavy atom. The number of nitrogens with zero attached hydrogens (tertiary/aromatic N) is 1. The molecule has 0 heterocycles. The number of oxime groups is 1. The van der Waals surface area contributed by atoms with Gasteiger partial charge in [-0.05, 0) is 43.6 Å². The lowest BCUT2D eigenvalue weighted by atomic mass is 9.92. The van der Waals surface area contributed by atoms with E-state index in [0.717, 1.165) is 25.7 Å². The standard InChI is InChI=1S/C15H21NO3/c17-15(18)12-14(10-5-11-16-19)9-4-8-13-6-2-1-3-7-13/h1-3,6-7,11,14,19H,4-5,8-10,12H2,(H,17,18). The highest BCUT2D eigenvalue weighted by atomic mass is 16.4. The van der Waals surface area contributed by atoms with Crippen LogP contribution in [0.15, 0.2) is 35.5 Å². The number of carboxylic acid groups (broad SMARTS) is 1. The van der Waals surface area contributed by atoms with Crippen molar-refractivity contribution in [2.45, 2.75) is 38.5 Å². The number of rotatable bonds is 9. The van der Waals surface area contributed by atoms with E-state index in [1.165, 1.54) is 11.8 Å². The van der Waals surface area contributed by atoms with Gasteiger partial charge < -0.3 is 10.3 Å². The number of benzene rings is 1. The van der Waals surface area contributed by atoms with Crippen molar-refractivity contribution < 1.29 is 15.1 Å². The molecule has 0 saturated heterocycles. The Balaban J connectivity index is 2.32. The Labute approximate surface area is 113 Å². The van der Waals surface area contributed by atoms with Gasteiger partial charge >= 0.3 is 5.97 Å². The van der Waals surface area contributed by atoms with Gasteiger partial charge in [0.1, 0.15) is 0 Å². The summed E-state index contributed by atoms with van der Waals surface area (Å²) in [6.07, 6.45) is 5.84. The predicted octanol–water partition coefficient (Wildman–Crippen LogP) is 3.34. The Bertz CT molecular complexity index is 390. The number of carbonyl (C=O) groups is 1. The predicted molar refractivity (Wildman–Crippen MR) is 74.6 cm³/mol. The maximum Gasteiger partial charge on any atom is 0.303 e. The molecule has 0 saturated carbocycles. The monoisotopic (exact) mass is 263 g/mol. The van der Waals surface area contributed by atoms with Crippen molar-refractivity contribution in [3.8, 4) is 0 Å². The fourth-order valence-electron chi connectivity index (χ4n) is 2.20. The number of aliphatic carboxylic acids is 1. The minimum atomic E-state index is -0.759. The minimum absolute atomic E-state index is 0.152. The Kier molecular flexibility index (Phi) is 7.32. The molecule has 1 atom stereocenters. The van der Waals surface area contributed by atoms with Crippen molar-refractivity contribution in [1.82, 2.24) is 0 Å². The van der Waals surface area contributed by atoms with Crippen molar-refractivity contribution in [2.75, 3.05) is 0 Å². The lowest BCUT2D eigenvalue weighted by molar-refractivity contribution is -0.138. The van der Waals surface area contributed by atoms with Gasteiger partial charge in [-0.3, -0.25) is 4.79 Å². The van der Waals surface area contributed by atoms with Crippen LogP contribution in [-0.4, -0.2) is 22.5 Å². The summed E-state index contributed by atoms with van der Waals surface area (Å²) in [5.74, 6) is -0.607. The van der Waals surface area contributed by atoms with Gasteiger partial charge in [0.05, 0.1) is 0 Å². The van der Waals surface area contributed by atoms with Crippen molar-refractivity contribution in [3.63, 3.8) is 0 Å². The molecule has 0 fully saturated rings. The lowest BCUT2D eigenvalue weighted by Crippen LogP contribution is -2.08. The largest absolute Gasteiger partial charge is 0.481 e. The van der Waals surface area contributed by atoms with Crippen LogP contribution in [0.2, 0.25) is 0 Å². The molecule has 0 bridgehead atoms. The third-order valence-corrected chi connectivity index (χ3v) is 3.17. The Morgan fingerprint density at radius 3 is 2.63 bits per heavy atom. The van der Waals surface area contributed by atoms with Crippen LogP contribution in [0, 0.1) is 5.92 Å². The zero-order chi connectivity index (χ0) is 13.9. The molecule has 19 heavy (non-hydrogen) atoms. The van der Waals surface area contributed by atoms with Crippen molar-refractivity contribution in [1.29, 1.82) is 0 Å². The second kappa shape index (κ2) is 9.14. The van der Waals surface area contributed by atoms with Gasteiger partial charge in [0.15, 0.2) is 0 Å². The molecule has 104 valence electrons. The molecule has 1 aromatic carbocycles. The van der Waals surface area contributed by atoms with E-state index in [-0.39, 0.29) is 12.3 Å². The average molecular weight is 263 g/mol. The second-order valence-electron chi connectivity index (χ2n) is 4.72. The van der Waals surface area contributed by atoms with Gasteiger partial charge in [0.2, 0.25) is 0 Å². The highest BCUT2D eigenvalue weighted by Gasteiger charge is 2.12. The molecule has 0 aliphatic rings. The molecule has 0 aliphatic carbocycles. The number of aryl methyl sites for hydroxylation is 1. The summed E-state index contributed by atoms with van der Waals surface area (Å²) in [5.41, 5.74) is 1.29. The highest BCUT2D eigenvalue weighted by molar-refractivity contribution is 5.67. The van der Waals surface area contributed by atoms with Crippen LogP contribution in [0.4, 0.5) is 0 Å². The van der Waals surface area contributed by atoms with E-state index in [1.807, 2.05) is 18.2 Å². The second-order valence-corrected chi connectivity index (χ2v) is 4.72. The fourth-order valence-corrected chi connectivity index (χ4v) is 2.20. The van der Waals surface area contributed by atoms with Gasteiger partial charge in [-0.2, -0.15) is 0 Å². The van der Waals surface area contributed by atoms with Crippen LogP contribution >= 0.6 is 0 Å². The zero-order valence-corrected chi connectivity index (χ0v) is 11.0. The number of carboxylic acids is 1. The SMILES string of the molecule is O=C(O)CC(CCC=NO)CCCc1ccccc1. The lowest BCUT2D eigenvalue weighted by Gasteiger charge is -2.13. The van der Waals surface area contributed by atoms with Gasteiger partial charge in [0.25, 0.3) is 0 Å².